The predicted octanol–water partition coefficient (Wildman–Crippen LogP) is 11.2. The van der Waals surface area contributed by atoms with Gasteiger partial charge in [-0.25, -0.2) is 4.98 Å². The number of aromatic nitrogens is 2. The Balaban J connectivity index is 1.40. The Labute approximate surface area is 252 Å². The Hall–Kier alpha value is -5.47. The molecule has 1 heterocycles. The molecule has 0 N–H and O–H groups in total. The number of fused-ring (bicyclic) bond motifs is 2. The molecule has 0 fully saturated rings. The molecule has 2 nitrogen and oxygen atoms in total. The van der Waals surface area contributed by atoms with Crippen LogP contribution in [-0.4, -0.2) is 9.55 Å². The van der Waals surface area contributed by atoms with Crippen molar-refractivity contribution in [2.24, 2.45) is 0 Å². The van der Waals surface area contributed by atoms with Gasteiger partial charge in [0.05, 0.1) is 11.4 Å². The number of imidazole rings is 1. The molecule has 0 amide bonds. The normalized spacial score (nSPS) is 11.5. The molecule has 0 bridgehead atoms. The summed E-state index contributed by atoms with van der Waals surface area (Å²) in [6.45, 7) is 8.12. The van der Waals surface area contributed by atoms with E-state index in [1.165, 1.54) is 54.9 Å². The van der Waals surface area contributed by atoms with Crippen LogP contribution in [0.15, 0.2) is 140 Å². The molecule has 0 saturated carbocycles. The van der Waals surface area contributed by atoms with Crippen molar-refractivity contribution >= 4 is 33.7 Å². The quantitative estimate of drug-likeness (QED) is 0.188. The van der Waals surface area contributed by atoms with Gasteiger partial charge in [-0.2, -0.15) is 0 Å². The third-order valence-electron chi connectivity index (χ3n) is 8.25. The lowest BCUT2D eigenvalue weighted by Gasteiger charge is -2.18. The Bertz CT molecular complexity index is 2070. The van der Waals surface area contributed by atoms with Crippen molar-refractivity contribution in [2.75, 3.05) is 0 Å². The summed E-state index contributed by atoms with van der Waals surface area (Å²) in [6.07, 6.45) is 5.93. The van der Waals surface area contributed by atoms with E-state index in [9.17, 15) is 0 Å². The third kappa shape index (κ3) is 4.58. The highest BCUT2D eigenvalue weighted by Gasteiger charge is 2.17. The van der Waals surface area contributed by atoms with E-state index in [0.717, 1.165) is 22.9 Å². The summed E-state index contributed by atoms with van der Waals surface area (Å²) in [5, 5.41) is 5.00. The van der Waals surface area contributed by atoms with Gasteiger partial charge >= 0.3 is 0 Å². The number of hydrogen-bond acceptors (Lipinski definition) is 1. The number of rotatable bonds is 6. The van der Waals surface area contributed by atoms with Gasteiger partial charge in [0.15, 0.2) is 0 Å². The molecule has 2 heteroatoms. The summed E-state index contributed by atoms with van der Waals surface area (Å²) in [6, 6.07) is 46.0. The molecule has 7 rings (SSSR count). The summed E-state index contributed by atoms with van der Waals surface area (Å²) in [4.78, 5) is 4.78. The highest BCUT2D eigenvalue weighted by molar-refractivity contribution is 6.21. The smallest absolute Gasteiger partial charge is 0.111 e. The highest BCUT2D eigenvalue weighted by atomic mass is 15.1. The first-order valence-electron chi connectivity index (χ1n) is 14.7. The molecule has 0 aliphatic heterocycles. The van der Waals surface area contributed by atoms with E-state index in [-0.39, 0.29) is 0 Å². The van der Waals surface area contributed by atoms with E-state index in [4.69, 9.17) is 4.98 Å². The monoisotopic (exact) mass is 552 g/mol. The van der Waals surface area contributed by atoms with Crippen molar-refractivity contribution in [3.8, 4) is 39.1 Å². The SMILES string of the molecule is C=Cc1c(/C=C\C)nc(C)n1-c1ccc(-c2c3ccccc3c(-c3ccc(-c4ccccc4)cc3)c3ccccc23)cc1. The second-order valence-electron chi connectivity index (χ2n) is 10.8. The minimum absolute atomic E-state index is 0.934. The van der Waals surface area contributed by atoms with Crippen LogP contribution in [0.4, 0.5) is 0 Å². The molecule has 0 radical (unpaired) electrons. The fourth-order valence-corrected chi connectivity index (χ4v) is 6.36. The van der Waals surface area contributed by atoms with Gasteiger partial charge in [0, 0.05) is 5.69 Å². The molecule has 0 unspecified atom stereocenters. The molecule has 6 aromatic carbocycles. The van der Waals surface area contributed by atoms with Crippen molar-refractivity contribution in [3.63, 3.8) is 0 Å². The first-order chi connectivity index (χ1) is 21.2. The van der Waals surface area contributed by atoms with Crippen LogP contribution in [0.5, 0.6) is 0 Å². The van der Waals surface area contributed by atoms with E-state index in [0.29, 0.717) is 0 Å². The molecule has 7 aromatic rings. The maximum absolute atomic E-state index is 4.78. The molecule has 0 spiro atoms. The van der Waals surface area contributed by atoms with Crippen LogP contribution in [0.1, 0.15) is 24.1 Å². The van der Waals surface area contributed by atoms with Crippen molar-refractivity contribution in [3.05, 3.63) is 157 Å². The van der Waals surface area contributed by atoms with Crippen LogP contribution in [-0.2, 0) is 0 Å². The number of allylic oxidation sites excluding steroid dienone is 1. The van der Waals surface area contributed by atoms with Gasteiger partial charge in [0.2, 0.25) is 0 Å². The van der Waals surface area contributed by atoms with Crippen molar-refractivity contribution in [2.45, 2.75) is 13.8 Å². The summed E-state index contributed by atoms with van der Waals surface area (Å²) < 4.78 is 2.17. The first kappa shape index (κ1) is 26.4. The second kappa shape index (κ2) is 11.1. The van der Waals surface area contributed by atoms with Crippen LogP contribution in [0.2, 0.25) is 0 Å². The van der Waals surface area contributed by atoms with Gasteiger partial charge in [0.1, 0.15) is 5.82 Å². The summed E-state index contributed by atoms with van der Waals surface area (Å²) in [5.74, 6) is 0.939. The Morgan fingerprint density at radius 3 is 1.49 bits per heavy atom. The van der Waals surface area contributed by atoms with Gasteiger partial charge in [-0.3, -0.25) is 4.57 Å². The Kier molecular flexibility index (Phi) is 6.81. The predicted molar refractivity (Wildman–Crippen MR) is 184 cm³/mol. The molecule has 0 atom stereocenters. The fraction of sp³-hybridized carbons (Fsp3) is 0.0488. The average Bonchev–Trinajstić information content (AvgIpc) is 3.38. The lowest BCUT2D eigenvalue weighted by atomic mass is 9.85. The maximum atomic E-state index is 4.78. The standard InChI is InChI=1S/C41H32N2/c1-4-13-38-39(5-2)43(28(3)42-38)33-26-24-32(25-27-33)41-36-18-11-9-16-34(36)40(35-17-10-12-19-37(35)41)31-22-20-30(21-23-31)29-14-7-6-8-15-29/h4-27H,2H2,1,3H3/b13-4-. The zero-order chi connectivity index (χ0) is 29.3. The highest BCUT2D eigenvalue weighted by Crippen LogP contribution is 2.44. The van der Waals surface area contributed by atoms with E-state index in [2.05, 4.69) is 139 Å². The number of aryl methyl sites for hydroxylation is 1. The molecule has 0 aliphatic carbocycles. The van der Waals surface area contributed by atoms with Gasteiger partial charge in [0.25, 0.3) is 0 Å². The second-order valence-corrected chi connectivity index (χ2v) is 10.8. The van der Waals surface area contributed by atoms with Crippen LogP contribution in [0, 0.1) is 6.92 Å². The van der Waals surface area contributed by atoms with Crippen LogP contribution >= 0.6 is 0 Å². The summed E-state index contributed by atoms with van der Waals surface area (Å²) in [5.41, 5.74) is 10.4. The molecule has 206 valence electrons. The maximum Gasteiger partial charge on any atom is 0.111 e. The molecular weight excluding hydrogens is 520 g/mol. The lowest BCUT2D eigenvalue weighted by molar-refractivity contribution is 0.966. The molecule has 43 heavy (non-hydrogen) atoms. The number of nitrogens with zero attached hydrogens (tertiary/aromatic N) is 2. The molecule has 0 aliphatic rings. The Morgan fingerprint density at radius 2 is 1.00 bits per heavy atom. The van der Waals surface area contributed by atoms with Crippen molar-refractivity contribution < 1.29 is 0 Å². The largest absolute Gasteiger partial charge is 0.297 e. The third-order valence-corrected chi connectivity index (χ3v) is 8.25. The van der Waals surface area contributed by atoms with E-state index in [1.54, 1.807) is 0 Å². The van der Waals surface area contributed by atoms with Gasteiger partial charge in [-0.1, -0.05) is 128 Å². The van der Waals surface area contributed by atoms with Crippen LogP contribution in [0.3, 0.4) is 0 Å². The zero-order valence-electron chi connectivity index (χ0n) is 24.5. The zero-order valence-corrected chi connectivity index (χ0v) is 24.5. The Morgan fingerprint density at radius 1 is 0.558 bits per heavy atom. The minimum atomic E-state index is 0.934. The lowest BCUT2D eigenvalue weighted by Crippen LogP contribution is -1.99. The molecule has 0 saturated heterocycles. The summed E-state index contributed by atoms with van der Waals surface area (Å²) >= 11 is 0. The first-order valence-corrected chi connectivity index (χ1v) is 14.7. The number of hydrogen-bond donors (Lipinski definition) is 0. The average molecular weight is 553 g/mol. The molecule has 1 aromatic heterocycles. The van der Waals surface area contributed by atoms with Crippen molar-refractivity contribution in [1.29, 1.82) is 0 Å². The van der Waals surface area contributed by atoms with Crippen LogP contribution < -0.4 is 0 Å². The minimum Gasteiger partial charge on any atom is -0.297 e. The van der Waals surface area contributed by atoms with Crippen molar-refractivity contribution in [1.82, 2.24) is 9.55 Å². The fourth-order valence-electron chi connectivity index (χ4n) is 6.36. The van der Waals surface area contributed by atoms with E-state index < -0.39 is 0 Å². The van der Waals surface area contributed by atoms with Gasteiger partial charge < -0.3 is 0 Å². The summed E-state index contributed by atoms with van der Waals surface area (Å²) in [7, 11) is 0. The van der Waals surface area contributed by atoms with Gasteiger partial charge in [-0.05, 0) is 93.1 Å². The van der Waals surface area contributed by atoms with Crippen LogP contribution in [0.25, 0.3) is 72.8 Å². The van der Waals surface area contributed by atoms with Gasteiger partial charge in [-0.15, -0.1) is 0 Å². The topological polar surface area (TPSA) is 17.8 Å². The van der Waals surface area contributed by atoms with E-state index in [1.807, 2.05) is 32.1 Å². The molecular formula is C41H32N2. The van der Waals surface area contributed by atoms with E-state index >= 15 is 0 Å². The number of benzene rings is 6.